The van der Waals surface area contributed by atoms with Gasteiger partial charge in [0, 0.05) is 19.3 Å². The van der Waals surface area contributed by atoms with Crippen LogP contribution < -0.4 is 0 Å². The van der Waals surface area contributed by atoms with Crippen molar-refractivity contribution >= 4 is 10.0 Å². The molecule has 0 aliphatic rings. The van der Waals surface area contributed by atoms with E-state index in [0.29, 0.717) is 0 Å². The van der Waals surface area contributed by atoms with Gasteiger partial charge in [0.05, 0.1) is 11.8 Å². The van der Waals surface area contributed by atoms with Crippen molar-refractivity contribution in [2.45, 2.75) is 31.3 Å². The maximum Gasteiger partial charge on any atom is 0.244 e. The van der Waals surface area contributed by atoms with Crippen LogP contribution >= 0.6 is 0 Å². The number of likely N-dealkylation sites (N-methyl/N-ethyl adjacent to an activating group) is 1. The number of nitrogens with zero attached hydrogens (tertiary/aromatic N) is 2. The van der Waals surface area contributed by atoms with Crippen molar-refractivity contribution < 1.29 is 17.9 Å². The topological polar surface area (TPSA) is 70.5 Å². The van der Waals surface area contributed by atoms with Gasteiger partial charge in [-0.2, -0.15) is 4.31 Å². The van der Waals surface area contributed by atoms with Crippen LogP contribution in [0.2, 0.25) is 0 Å². The average Bonchev–Trinajstić information content (AvgIpc) is 2.24. The molecule has 18 heavy (non-hydrogen) atoms. The summed E-state index contributed by atoms with van der Waals surface area (Å²) >= 11 is 0. The summed E-state index contributed by atoms with van der Waals surface area (Å²) < 4.78 is 38.5. The number of aromatic nitrogens is 1. The Bertz CT molecular complexity index is 511. The number of pyridine rings is 1. The van der Waals surface area contributed by atoms with Crippen molar-refractivity contribution in [1.82, 2.24) is 9.29 Å². The minimum Gasteiger partial charge on any atom is -0.389 e. The third-order valence-corrected chi connectivity index (χ3v) is 4.12. The second kappa shape index (κ2) is 5.29. The Kier molecular flexibility index (Phi) is 4.41. The third-order valence-electron chi connectivity index (χ3n) is 2.23. The van der Waals surface area contributed by atoms with Gasteiger partial charge in [0.15, 0.2) is 0 Å². The van der Waals surface area contributed by atoms with E-state index in [4.69, 9.17) is 0 Å². The number of halogens is 1. The molecule has 0 unspecified atom stereocenters. The highest BCUT2D eigenvalue weighted by Gasteiger charge is 2.28. The van der Waals surface area contributed by atoms with Gasteiger partial charge in [0.25, 0.3) is 0 Å². The fourth-order valence-corrected chi connectivity index (χ4v) is 3.06. The van der Waals surface area contributed by atoms with Crippen LogP contribution in [-0.4, -0.2) is 41.5 Å². The molecule has 0 aromatic carbocycles. The molecular formula is C11H17FN2O3S. The molecule has 0 aliphatic carbocycles. The van der Waals surface area contributed by atoms with Gasteiger partial charge in [0.1, 0.15) is 10.7 Å². The first-order valence-electron chi connectivity index (χ1n) is 5.50. The molecule has 1 rings (SSSR count). The predicted octanol–water partition coefficient (Wildman–Crippen LogP) is 1.00. The first kappa shape index (κ1) is 15.0. The number of hydrogen-bond acceptors (Lipinski definition) is 4. The lowest BCUT2D eigenvalue weighted by molar-refractivity contribution is 0.0601. The Balaban J connectivity index is 3.11. The summed E-state index contributed by atoms with van der Waals surface area (Å²) in [5.74, 6) is -0.713. The fraction of sp³-hybridized carbons (Fsp3) is 0.545. The first-order chi connectivity index (χ1) is 8.16. The molecule has 0 atom stereocenters. The Labute approximate surface area is 106 Å². The Morgan fingerprint density at radius 3 is 2.50 bits per heavy atom. The van der Waals surface area contributed by atoms with Crippen LogP contribution in [0.3, 0.4) is 0 Å². The first-order valence-corrected chi connectivity index (χ1v) is 6.94. The fourth-order valence-electron chi connectivity index (χ4n) is 1.48. The van der Waals surface area contributed by atoms with Crippen LogP contribution in [0.15, 0.2) is 23.4 Å². The highest BCUT2D eigenvalue weighted by atomic mass is 32.2. The highest BCUT2D eigenvalue weighted by molar-refractivity contribution is 7.89. The zero-order valence-corrected chi connectivity index (χ0v) is 11.4. The SMILES string of the molecule is CCN(CC(C)(C)O)S(=O)(=O)c1cncc(F)c1. The van der Waals surface area contributed by atoms with E-state index in [0.717, 1.165) is 22.8 Å². The van der Waals surface area contributed by atoms with E-state index in [2.05, 4.69) is 4.98 Å². The van der Waals surface area contributed by atoms with Gasteiger partial charge >= 0.3 is 0 Å². The van der Waals surface area contributed by atoms with E-state index >= 15 is 0 Å². The number of aliphatic hydroxyl groups is 1. The van der Waals surface area contributed by atoms with Crippen molar-refractivity contribution in [3.63, 3.8) is 0 Å². The molecule has 102 valence electrons. The lowest BCUT2D eigenvalue weighted by atomic mass is 10.1. The van der Waals surface area contributed by atoms with E-state index in [1.54, 1.807) is 6.92 Å². The summed E-state index contributed by atoms with van der Waals surface area (Å²) in [6, 6.07) is 0.912. The van der Waals surface area contributed by atoms with E-state index in [9.17, 15) is 17.9 Å². The van der Waals surface area contributed by atoms with Gasteiger partial charge in [0.2, 0.25) is 10.0 Å². The summed E-state index contributed by atoms with van der Waals surface area (Å²) in [6.45, 7) is 4.78. The van der Waals surface area contributed by atoms with E-state index in [1.807, 2.05) is 0 Å². The van der Waals surface area contributed by atoms with Crippen LogP contribution in [-0.2, 0) is 10.0 Å². The van der Waals surface area contributed by atoms with E-state index < -0.39 is 21.4 Å². The van der Waals surface area contributed by atoms with Crippen LogP contribution in [0, 0.1) is 5.82 Å². The van der Waals surface area contributed by atoms with Crippen molar-refractivity contribution in [2.75, 3.05) is 13.1 Å². The molecule has 7 heteroatoms. The van der Waals surface area contributed by atoms with Crippen molar-refractivity contribution in [3.8, 4) is 0 Å². The minimum absolute atomic E-state index is 0.0671. The smallest absolute Gasteiger partial charge is 0.244 e. The summed E-state index contributed by atoms with van der Waals surface area (Å²) in [7, 11) is -3.84. The van der Waals surface area contributed by atoms with Crippen LogP contribution in [0.25, 0.3) is 0 Å². The highest BCUT2D eigenvalue weighted by Crippen LogP contribution is 2.17. The standard InChI is InChI=1S/C11H17FN2O3S/c1-4-14(8-11(2,3)15)18(16,17)10-5-9(12)6-13-7-10/h5-7,15H,4,8H2,1-3H3. The van der Waals surface area contributed by atoms with Gasteiger partial charge < -0.3 is 5.11 Å². The van der Waals surface area contributed by atoms with Gasteiger partial charge in [-0.15, -0.1) is 0 Å². The van der Waals surface area contributed by atoms with Gasteiger partial charge in [-0.25, -0.2) is 12.8 Å². The Morgan fingerprint density at radius 2 is 2.06 bits per heavy atom. The maximum atomic E-state index is 13.0. The Hall–Kier alpha value is -1.05. The molecule has 1 heterocycles. The molecule has 1 aromatic heterocycles. The molecule has 0 aliphatic heterocycles. The maximum absolute atomic E-state index is 13.0. The molecule has 0 radical (unpaired) electrons. The molecule has 0 fully saturated rings. The van der Waals surface area contributed by atoms with Gasteiger partial charge in [-0.05, 0) is 19.9 Å². The summed E-state index contributed by atoms with van der Waals surface area (Å²) in [4.78, 5) is 3.31. The number of rotatable bonds is 5. The average molecular weight is 276 g/mol. The minimum atomic E-state index is -3.84. The molecule has 0 saturated heterocycles. The molecule has 1 N–H and O–H groups in total. The zero-order valence-electron chi connectivity index (χ0n) is 10.6. The molecule has 0 amide bonds. The monoisotopic (exact) mass is 276 g/mol. The second-order valence-electron chi connectivity index (χ2n) is 4.58. The van der Waals surface area contributed by atoms with Crippen LogP contribution in [0.1, 0.15) is 20.8 Å². The van der Waals surface area contributed by atoms with Crippen LogP contribution in [0.5, 0.6) is 0 Å². The van der Waals surface area contributed by atoms with Gasteiger partial charge in [-0.3, -0.25) is 4.98 Å². The molecule has 0 bridgehead atoms. The molecule has 0 spiro atoms. The van der Waals surface area contributed by atoms with Crippen LogP contribution in [0.4, 0.5) is 4.39 Å². The van der Waals surface area contributed by atoms with E-state index in [1.165, 1.54) is 13.8 Å². The van der Waals surface area contributed by atoms with Crippen molar-refractivity contribution in [3.05, 3.63) is 24.3 Å². The second-order valence-corrected chi connectivity index (χ2v) is 6.52. The lowest BCUT2D eigenvalue weighted by Crippen LogP contribution is -2.42. The third kappa shape index (κ3) is 3.72. The number of hydrogen-bond donors (Lipinski definition) is 1. The summed E-state index contributed by atoms with van der Waals surface area (Å²) in [5.41, 5.74) is -1.16. The normalized spacial score (nSPS) is 13.0. The van der Waals surface area contributed by atoms with E-state index in [-0.39, 0.29) is 18.0 Å². The largest absolute Gasteiger partial charge is 0.389 e. The molecule has 1 aromatic rings. The summed E-state index contributed by atoms with van der Waals surface area (Å²) in [5, 5.41) is 9.69. The van der Waals surface area contributed by atoms with Crippen molar-refractivity contribution in [1.29, 1.82) is 0 Å². The zero-order chi connectivity index (χ0) is 14.0. The molecule has 5 nitrogen and oxygen atoms in total. The van der Waals surface area contributed by atoms with Crippen molar-refractivity contribution in [2.24, 2.45) is 0 Å². The number of sulfonamides is 1. The summed E-state index contributed by atoms with van der Waals surface area (Å²) in [6.07, 6.45) is 2.02. The Morgan fingerprint density at radius 1 is 1.44 bits per heavy atom. The van der Waals surface area contributed by atoms with Gasteiger partial charge in [-0.1, -0.05) is 6.92 Å². The molecule has 0 saturated carbocycles. The lowest BCUT2D eigenvalue weighted by Gasteiger charge is -2.27. The quantitative estimate of drug-likeness (QED) is 0.871. The molecular weight excluding hydrogens is 259 g/mol. The predicted molar refractivity (Wildman–Crippen MR) is 64.9 cm³/mol.